The highest BCUT2D eigenvalue weighted by Crippen LogP contribution is 2.18. The van der Waals surface area contributed by atoms with E-state index in [-0.39, 0.29) is 5.97 Å². The molecule has 0 rings (SSSR count). The van der Waals surface area contributed by atoms with E-state index in [1.807, 2.05) is 0 Å². The summed E-state index contributed by atoms with van der Waals surface area (Å²) < 4.78 is 5.48. The Morgan fingerprint density at radius 1 is 0.351 bits per heavy atom. The van der Waals surface area contributed by atoms with Gasteiger partial charge in [-0.15, -0.1) is 0 Å². The van der Waals surface area contributed by atoms with Crippen molar-refractivity contribution in [2.75, 3.05) is 6.61 Å². The summed E-state index contributed by atoms with van der Waals surface area (Å²) in [4.78, 5) is 12.0. The van der Waals surface area contributed by atoms with Gasteiger partial charge in [0.25, 0.3) is 0 Å². The summed E-state index contributed by atoms with van der Waals surface area (Å²) in [7, 11) is 0. The molecule has 340 valence electrons. The summed E-state index contributed by atoms with van der Waals surface area (Å²) in [5.41, 5.74) is 0. The highest BCUT2D eigenvalue weighted by molar-refractivity contribution is 5.69. The molecular formula is C55H108O2. The molecular weight excluding hydrogens is 693 g/mol. The van der Waals surface area contributed by atoms with Crippen molar-refractivity contribution >= 4 is 5.97 Å². The minimum Gasteiger partial charge on any atom is -0.466 e. The fourth-order valence-corrected chi connectivity index (χ4v) is 8.56. The number of esters is 1. The largest absolute Gasteiger partial charge is 0.466 e. The maximum absolute atomic E-state index is 12.0. The molecule has 0 radical (unpaired) electrons. The normalized spacial score (nSPS) is 11.8. The van der Waals surface area contributed by atoms with Crippen LogP contribution in [0.15, 0.2) is 12.2 Å². The Kier molecular flexibility index (Phi) is 50.6. The molecule has 2 heteroatoms. The van der Waals surface area contributed by atoms with Gasteiger partial charge in [-0.1, -0.05) is 290 Å². The lowest BCUT2D eigenvalue weighted by atomic mass is 10.0. The Morgan fingerprint density at radius 2 is 0.614 bits per heavy atom. The van der Waals surface area contributed by atoms with Crippen LogP contribution in [-0.2, 0) is 9.53 Å². The molecule has 2 nitrogen and oxygen atoms in total. The Balaban J connectivity index is 3.15. The highest BCUT2D eigenvalue weighted by atomic mass is 16.5. The summed E-state index contributed by atoms with van der Waals surface area (Å²) in [6.45, 7) is 7.61. The van der Waals surface area contributed by atoms with E-state index in [2.05, 4.69) is 32.9 Å². The van der Waals surface area contributed by atoms with E-state index in [0.29, 0.717) is 13.0 Å². The summed E-state index contributed by atoms with van der Waals surface area (Å²) in [5.74, 6) is 0.911. The second-order valence-electron chi connectivity index (χ2n) is 19.1. The zero-order valence-electron chi connectivity index (χ0n) is 40.0. The van der Waals surface area contributed by atoms with Crippen molar-refractivity contribution < 1.29 is 9.53 Å². The van der Waals surface area contributed by atoms with Crippen molar-refractivity contribution in [3.05, 3.63) is 12.2 Å². The lowest BCUT2D eigenvalue weighted by Gasteiger charge is -2.06. The topological polar surface area (TPSA) is 26.3 Å². The zero-order chi connectivity index (χ0) is 41.2. The molecule has 0 aliphatic heterocycles. The van der Waals surface area contributed by atoms with Crippen LogP contribution in [0, 0.1) is 5.92 Å². The van der Waals surface area contributed by atoms with E-state index in [0.717, 1.165) is 25.2 Å². The van der Waals surface area contributed by atoms with Gasteiger partial charge in [-0.05, 0) is 44.4 Å². The predicted molar refractivity (Wildman–Crippen MR) is 258 cm³/mol. The second-order valence-corrected chi connectivity index (χ2v) is 19.1. The monoisotopic (exact) mass is 801 g/mol. The molecule has 57 heavy (non-hydrogen) atoms. The molecule has 0 unspecified atom stereocenters. The van der Waals surface area contributed by atoms with E-state index in [1.165, 1.54) is 276 Å². The summed E-state index contributed by atoms with van der Waals surface area (Å²) in [5, 5.41) is 0. The zero-order valence-corrected chi connectivity index (χ0v) is 40.0. The molecule has 0 amide bonds. The quantitative estimate of drug-likeness (QED) is 0.0348. The van der Waals surface area contributed by atoms with Crippen LogP contribution < -0.4 is 0 Å². The minimum absolute atomic E-state index is 0.0218. The number of unbranched alkanes of at least 4 members (excludes halogenated alkanes) is 42. The van der Waals surface area contributed by atoms with Crippen molar-refractivity contribution in [3.8, 4) is 0 Å². The van der Waals surface area contributed by atoms with E-state index in [4.69, 9.17) is 4.74 Å². The smallest absolute Gasteiger partial charge is 0.305 e. The third-order valence-electron chi connectivity index (χ3n) is 12.6. The predicted octanol–water partition coefficient (Wildman–Crippen LogP) is 20.1. The molecule has 0 aromatic heterocycles. The van der Waals surface area contributed by atoms with Crippen LogP contribution in [0.3, 0.4) is 0 Å². The molecule has 0 heterocycles. The third kappa shape index (κ3) is 53.2. The molecule has 0 N–H and O–H groups in total. The van der Waals surface area contributed by atoms with E-state index >= 15 is 0 Å². The third-order valence-corrected chi connectivity index (χ3v) is 12.6. The molecule has 0 fully saturated rings. The first kappa shape index (κ1) is 56.2. The van der Waals surface area contributed by atoms with Crippen LogP contribution >= 0.6 is 0 Å². The number of hydrogen-bond donors (Lipinski definition) is 0. The average Bonchev–Trinajstić information content (AvgIpc) is 3.20. The van der Waals surface area contributed by atoms with Gasteiger partial charge in [0.15, 0.2) is 0 Å². The number of hydrogen-bond acceptors (Lipinski definition) is 2. The van der Waals surface area contributed by atoms with Crippen molar-refractivity contribution in [2.45, 2.75) is 323 Å². The molecule has 0 saturated carbocycles. The number of ether oxygens (including phenoxy) is 1. The van der Waals surface area contributed by atoms with Gasteiger partial charge in [-0.2, -0.15) is 0 Å². The maximum Gasteiger partial charge on any atom is 0.305 e. The Labute approximate surface area is 361 Å². The lowest BCUT2D eigenvalue weighted by molar-refractivity contribution is -0.143. The Morgan fingerprint density at radius 3 is 0.930 bits per heavy atom. The number of allylic oxidation sites excluding steroid dienone is 2. The number of carbonyl (C=O) groups excluding carboxylic acids is 1. The molecule has 0 saturated heterocycles. The van der Waals surface area contributed by atoms with Gasteiger partial charge in [0.1, 0.15) is 0 Å². The van der Waals surface area contributed by atoms with E-state index in [1.54, 1.807) is 0 Å². The summed E-state index contributed by atoms with van der Waals surface area (Å²) >= 11 is 0. The Hall–Kier alpha value is -0.790. The standard InChI is InChI=1S/C55H108O2/c1-4-5-6-7-8-9-10-11-30-34-37-40-43-46-49-52-55(56)57-53-50-47-44-41-38-35-32-29-27-25-23-21-19-17-15-13-12-14-16-18-20-22-24-26-28-31-33-36-39-42-45-48-51-54(2)3/h11,30,54H,4-10,12-29,31-53H2,1-3H3/b30-11-. The van der Waals surface area contributed by atoms with Crippen LogP contribution in [0.4, 0.5) is 0 Å². The average molecular weight is 801 g/mol. The highest BCUT2D eigenvalue weighted by Gasteiger charge is 2.03. The Bertz CT molecular complexity index is 756. The van der Waals surface area contributed by atoms with Gasteiger partial charge in [0, 0.05) is 6.42 Å². The van der Waals surface area contributed by atoms with Gasteiger partial charge in [-0.25, -0.2) is 0 Å². The summed E-state index contributed by atoms with van der Waals surface area (Å²) in [6.07, 6.45) is 69.5. The van der Waals surface area contributed by atoms with Crippen molar-refractivity contribution in [2.24, 2.45) is 5.92 Å². The van der Waals surface area contributed by atoms with Gasteiger partial charge in [-0.3, -0.25) is 4.79 Å². The van der Waals surface area contributed by atoms with Gasteiger partial charge >= 0.3 is 5.97 Å². The van der Waals surface area contributed by atoms with Crippen LogP contribution in [0.5, 0.6) is 0 Å². The van der Waals surface area contributed by atoms with E-state index < -0.39 is 0 Å². The first-order valence-corrected chi connectivity index (χ1v) is 27.0. The molecule has 0 spiro atoms. The fourth-order valence-electron chi connectivity index (χ4n) is 8.56. The maximum atomic E-state index is 12.0. The van der Waals surface area contributed by atoms with Gasteiger partial charge in [0.05, 0.1) is 6.61 Å². The van der Waals surface area contributed by atoms with Gasteiger partial charge in [0.2, 0.25) is 0 Å². The van der Waals surface area contributed by atoms with E-state index in [9.17, 15) is 4.79 Å². The SMILES string of the molecule is CCCCCCCC/C=C\CCCCCCCC(=O)OCCCCCCCCCCCCCCCCCCCCCCCCCCCCCCCCCCC(C)C. The van der Waals surface area contributed by atoms with Crippen LogP contribution in [-0.4, -0.2) is 12.6 Å². The fraction of sp³-hybridized carbons (Fsp3) is 0.945. The lowest BCUT2D eigenvalue weighted by Crippen LogP contribution is -2.05. The number of carbonyl (C=O) groups is 1. The molecule has 0 bridgehead atoms. The van der Waals surface area contributed by atoms with Crippen LogP contribution in [0.1, 0.15) is 323 Å². The molecule has 0 aliphatic rings. The van der Waals surface area contributed by atoms with Crippen LogP contribution in [0.2, 0.25) is 0 Å². The molecule has 0 aromatic rings. The van der Waals surface area contributed by atoms with Gasteiger partial charge < -0.3 is 4.74 Å². The first-order chi connectivity index (χ1) is 28.2. The van der Waals surface area contributed by atoms with Crippen molar-refractivity contribution in [3.63, 3.8) is 0 Å². The molecule has 0 aromatic carbocycles. The van der Waals surface area contributed by atoms with Crippen molar-refractivity contribution in [1.82, 2.24) is 0 Å². The number of rotatable bonds is 50. The summed E-state index contributed by atoms with van der Waals surface area (Å²) in [6, 6.07) is 0. The minimum atomic E-state index is 0.0218. The molecule has 0 atom stereocenters. The molecule has 0 aliphatic carbocycles. The first-order valence-electron chi connectivity index (χ1n) is 27.0. The van der Waals surface area contributed by atoms with Crippen LogP contribution in [0.25, 0.3) is 0 Å². The second kappa shape index (κ2) is 51.4. The van der Waals surface area contributed by atoms with Crippen molar-refractivity contribution in [1.29, 1.82) is 0 Å².